The quantitative estimate of drug-likeness (QED) is 0.241. The van der Waals surface area contributed by atoms with E-state index in [2.05, 4.69) is 52.0 Å². The van der Waals surface area contributed by atoms with Crippen LogP contribution in [-0.2, 0) is 11.0 Å². The average Bonchev–Trinajstić information content (AvgIpc) is 2.70. The number of carbonyl (C=O) groups excluding carboxylic acids is 1. The second-order valence-corrected chi connectivity index (χ2v) is 14.4. The number of halogens is 1. The van der Waals surface area contributed by atoms with Gasteiger partial charge in [-0.15, -0.1) is 0 Å². The molecule has 0 bridgehead atoms. The number of thioether (sulfide) groups is 1. The Hall–Kier alpha value is 0.150. The SMILES string of the molecule is CCCC[P+](CCCC)(CCCC)Cc1ccc(SC(=O)C(C)(C)CC)cc1.[Br-]. The Morgan fingerprint density at radius 2 is 1.31 bits per heavy atom. The number of unbranched alkanes of at least 4 members (excludes halogenated alkanes) is 3. The lowest BCUT2D eigenvalue weighted by atomic mass is 9.92. The van der Waals surface area contributed by atoms with Crippen LogP contribution in [0.15, 0.2) is 29.2 Å². The maximum atomic E-state index is 12.5. The van der Waals surface area contributed by atoms with Gasteiger partial charge in [0.05, 0.1) is 24.6 Å². The van der Waals surface area contributed by atoms with E-state index < -0.39 is 7.26 Å². The molecule has 0 saturated carbocycles. The van der Waals surface area contributed by atoms with Gasteiger partial charge in [0.2, 0.25) is 0 Å². The molecule has 0 N–H and O–H groups in total. The first-order chi connectivity index (χ1) is 13.3. The van der Waals surface area contributed by atoms with E-state index in [1.165, 1.54) is 80.5 Å². The molecule has 0 aliphatic rings. The highest BCUT2D eigenvalue weighted by Gasteiger charge is 2.35. The van der Waals surface area contributed by atoms with E-state index in [4.69, 9.17) is 0 Å². The van der Waals surface area contributed by atoms with Crippen LogP contribution < -0.4 is 17.0 Å². The molecule has 1 rings (SSSR count). The third-order valence-corrected chi connectivity index (χ3v) is 12.1. The molecule has 0 heterocycles. The van der Waals surface area contributed by atoms with Crippen molar-refractivity contribution in [1.82, 2.24) is 0 Å². The lowest BCUT2D eigenvalue weighted by molar-refractivity contribution is -0.118. The molecular weight excluding hydrogens is 459 g/mol. The lowest BCUT2D eigenvalue weighted by Crippen LogP contribution is -3.00. The monoisotopic (exact) mass is 502 g/mol. The summed E-state index contributed by atoms with van der Waals surface area (Å²) >= 11 is 1.41. The van der Waals surface area contributed by atoms with Crippen molar-refractivity contribution >= 4 is 24.1 Å². The number of hydrogen-bond acceptors (Lipinski definition) is 2. The molecule has 0 aliphatic heterocycles. The third-order valence-electron chi connectivity index (χ3n) is 6.05. The second kappa shape index (κ2) is 15.0. The Balaban J connectivity index is 0.00000784. The van der Waals surface area contributed by atoms with E-state index in [0.717, 1.165) is 11.3 Å². The van der Waals surface area contributed by atoms with Crippen LogP contribution in [0.3, 0.4) is 0 Å². The first-order valence-corrected chi connectivity index (χ1v) is 14.8. The van der Waals surface area contributed by atoms with E-state index in [1.54, 1.807) is 0 Å². The minimum absolute atomic E-state index is 0. The van der Waals surface area contributed by atoms with Gasteiger partial charge in [0, 0.05) is 17.6 Å². The van der Waals surface area contributed by atoms with Crippen LogP contribution in [0, 0.1) is 5.41 Å². The van der Waals surface area contributed by atoms with E-state index >= 15 is 0 Å². The fourth-order valence-electron chi connectivity index (χ4n) is 3.49. The van der Waals surface area contributed by atoms with Gasteiger partial charge in [-0.1, -0.05) is 84.7 Å². The molecule has 0 fully saturated rings. The van der Waals surface area contributed by atoms with Crippen LogP contribution in [0.2, 0.25) is 0 Å². The largest absolute Gasteiger partial charge is 1.00 e. The third kappa shape index (κ3) is 10.3. The summed E-state index contributed by atoms with van der Waals surface area (Å²) in [6.07, 6.45) is 14.7. The molecule has 0 amide bonds. The summed E-state index contributed by atoms with van der Waals surface area (Å²) in [6, 6.07) is 8.95. The van der Waals surface area contributed by atoms with Gasteiger partial charge >= 0.3 is 0 Å². The van der Waals surface area contributed by atoms with Crippen molar-refractivity contribution in [1.29, 1.82) is 0 Å². The molecule has 0 atom stereocenters. The molecular formula is C25H44BrOPS. The molecule has 29 heavy (non-hydrogen) atoms. The summed E-state index contributed by atoms with van der Waals surface area (Å²) in [5.41, 5.74) is 1.24. The van der Waals surface area contributed by atoms with Crippen molar-refractivity contribution in [3.63, 3.8) is 0 Å². The van der Waals surface area contributed by atoms with Crippen molar-refractivity contribution in [3.8, 4) is 0 Å². The maximum absolute atomic E-state index is 12.5. The Kier molecular flexibility index (Phi) is 15.1. The maximum Gasteiger partial charge on any atom is 0.199 e. The average molecular weight is 504 g/mol. The van der Waals surface area contributed by atoms with Crippen molar-refractivity contribution in [3.05, 3.63) is 29.8 Å². The first-order valence-electron chi connectivity index (χ1n) is 11.5. The smallest absolute Gasteiger partial charge is 0.199 e. The van der Waals surface area contributed by atoms with Gasteiger partial charge in [-0.05, 0) is 43.4 Å². The summed E-state index contributed by atoms with van der Waals surface area (Å²) in [6.45, 7) is 13.2. The Bertz CT molecular complexity index is 549. The number of rotatable bonds is 14. The molecule has 1 aromatic carbocycles. The molecule has 0 spiro atoms. The van der Waals surface area contributed by atoms with Gasteiger partial charge < -0.3 is 17.0 Å². The van der Waals surface area contributed by atoms with Crippen LogP contribution in [-0.4, -0.2) is 23.6 Å². The minimum Gasteiger partial charge on any atom is -1.00 e. The highest BCUT2D eigenvalue weighted by Crippen LogP contribution is 2.63. The van der Waals surface area contributed by atoms with Crippen molar-refractivity contribution in [2.24, 2.45) is 5.41 Å². The van der Waals surface area contributed by atoms with E-state index in [1.807, 2.05) is 13.8 Å². The number of hydrogen-bond donors (Lipinski definition) is 0. The molecule has 0 unspecified atom stereocenters. The summed E-state index contributed by atoms with van der Waals surface area (Å²) in [5, 5.41) is 0.276. The lowest BCUT2D eigenvalue weighted by Gasteiger charge is -2.28. The molecule has 0 aliphatic carbocycles. The molecule has 0 saturated heterocycles. The van der Waals surface area contributed by atoms with Crippen molar-refractivity contribution < 1.29 is 21.8 Å². The van der Waals surface area contributed by atoms with Crippen LogP contribution in [0.25, 0.3) is 0 Å². The number of benzene rings is 1. The van der Waals surface area contributed by atoms with Crippen LogP contribution in [0.5, 0.6) is 0 Å². The zero-order valence-electron chi connectivity index (χ0n) is 19.7. The summed E-state index contributed by atoms with van der Waals surface area (Å²) in [7, 11) is -0.915. The van der Waals surface area contributed by atoms with Gasteiger partial charge in [0.15, 0.2) is 5.12 Å². The Morgan fingerprint density at radius 1 is 0.862 bits per heavy atom. The van der Waals surface area contributed by atoms with Gasteiger partial charge in [-0.25, -0.2) is 0 Å². The highest BCUT2D eigenvalue weighted by atomic mass is 79.9. The summed E-state index contributed by atoms with van der Waals surface area (Å²) < 4.78 is 0. The van der Waals surface area contributed by atoms with Gasteiger partial charge in [0.25, 0.3) is 0 Å². The zero-order chi connectivity index (χ0) is 21.0. The fourth-order valence-corrected chi connectivity index (χ4v) is 9.49. The van der Waals surface area contributed by atoms with Gasteiger partial charge in [-0.2, -0.15) is 0 Å². The predicted octanol–water partition coefficient (Wildman–Crippen LogP) is 5.66. The summed E-state index contributed by atoms with van der Waals surface area (Å²) in [4.78, 5) is 13.6. The minimum atomic E-state index is -0.915. The number of carbonyl (C=O) groups is 1. The zero-order valence-corrected chi connectivity index (χ0v) is 23.0. The molecule has 0 radical (unpaired) electrons. The van der Waals surface area contributed by atoms with Crippen LogP contribution in [0.1, 0.15) is 92.1 Å². The van der Waals surface area contributed by atoms with Crippen molar-refractivity contribution in [2.75, 3.05) is 18.5 Å². The topological polar surface area (TPSA) is 17.1 Å². The molecule has 1 aromatic rings. The van der Waals surface area contributed by atoms with Gasteiger partial charge in [-0.3, -0.25) is 4.79 Å². The standard InChI is InChI=1S/C25H44OPS.BrH/c1-7-11-18-27(19-12-8-2,20-13-9-3)21-22-14-16-23(17-15-22)28-24(26)25(5,6)10-4;/h14-17H,7-13,18-21H2,1-6H3;1H/q+1;/p-1. The molecule has 4 heteroatoms. The summed E-state index contributed by atoms with van der Waals surface area (Å²) in [5.74, 6) is 0. The molecule has 168 valence electrons. The van der Waals surface area contributed by atoms with Gasteiger partial charge in [0.1, 0.15) is 0 Å². The molecule has 0 aromatic heterocycles. The normalized spacial score (nSPS) is 11.9. The second-order valence-electron chi connectivity index (χ2n) is 9.00. The van der Waals surface area contributed by atoms with Crippen molar-refractivity contribution in [2.45, 2.75) is 97.5 Å². The predicted molar refractivity (Wildman–Crippen MR) is 131 cm³/mol. The van der Waals surface area contributed by atoms with E-state index in [-0.39, 0.29) is 27.5 Å². The Morgan fingerprint density at radius 3 is 1.69 bits per heavy atom. The highest BCUT2D eigenvalue weighted by molar-refractivity contribution is 8.13. The molecule has 1 nitrogen and oxygen atoms in total. The van der Waals surface area contributed by atoms with Crippen LogP contribution >= 0.6 is 19.0 Å². The van der Waals surface area contributed by atoms with Crippen LogP contribution in [0.4, 0.5) is 0 Å². The first kappa shape index (κ1) is 29.1. The van der Waals surface area contributed by atoms with E-state index in [9.17, 15) is 4.79 Å². The Labute approximate surface area is 196 Å². The van der Waals surface area contributed by atoms with E-state index in [0.29, 0.717) is 0 Å². The fraction of sp³-hybridized carbons (Fsp3) is 0.720.